The van der Waals surface area contributed by atoms with Crippen LogP contribution in [0, 0.1) is 0 Å². The minimum atomic E-state index is 0.676. The maximum Gasteiger partial charge on any atom is 0.0649 e. The third-order valence-corrected chi connectivity index (χ3v) is 2.07. The Morgan fingerprint density at radius 2 is 2.10 bits per heavy atom. The number of hydrogen-bond donors (Lipinski definition) is 3. The third kappa shape index (κ3) is 1.22. The van der Waals surface area contributed by atoms with Crippen LogP contribution >= 0.6 is 15.9 Å². The Labute approximate surface area is 67.5 Å². The van der Waals surface area contributed by atoms with E-state index in [1.54, 1.807) is 6.07 Å². The highest BCUT2D eigenvalue weighted by Gasteiger charge is 1.98. The van der Waals surface area contributed by atoms with Crippen molar-refractivity contribution in [3.63, 3.8) is 0 Å². The van der Waals surface area contributed by atoms with E-state index in [4.69, 9.17) is 11.6 Å². The van der Waals surface area contributed by atoms with Crippen LogP contribution in [0.5, 0.6) is 0 Å². The zero-order valence-electron chi connectivity index (χ0n) is 5.26. The smallest absolute Gasteiger partial charge is 0.0649 e. The molecule has 0 atom stereocenters. The molecule has 0 amide bonds. The molecular formula is C6H8BrN3. The van der Waals surface area contributed by atoms with Crippen LogP contribution in [0.3, 0.4) is 0 Å². The van der Waals surface area contributed by atoms with E-state index in [2.05, 4.69) is 21.4 Å². The average Bonchev–Trinajstić information content (AvgIpc) is 1.95. The van der Waals surface area contributed by atoms with Crippen LogP contribution in [0.2, 0.25) is 0 Å². The fourth-order valence-electron chi connectivity index (χ4n) is 0.661. The standard InChI is InChI=1S/C6H8BrN3/c7-6-4(8)2-1-3-5(6)10-9/h1-3,10H,8-9H2. The molecule has 0 bridgehead atoms. The highest BCUT2D eigenvalue weighted by molar-refractivity contribution is 9.10. The minimum Gasteiger partial charge on any atom is -0.398 e. The lowest BCUT2D eigenvalue weighted by Gasteiger charge is -2.03. The number of rotatable bonds is 1. The van der Waals surface area contributed by atoms with Crippen molar-refractivity contribution in [1.29, 1.82) is 0 Å². The lowest BCUT2D eigenvalue weighted by atomic mass is 10.3. The van der Waals surface area contributed by atoms with Gasteiger partial charge in [0.2, 0.25) is 0 Å². The second-order valence-corrected chi connectivity index (χ2v) is 2.65. The van der Waals surface area contributed by atoms with Crippen molar-refractivity contribution >= 4 is 27.3 Å². The van der Waals surface area contributed by atoms with Gasteiger partial charge in [0.15, 0.2) is 0 Å². The lowest BCUT2D eigenvalue weighted by molar-refractivity contribution is 1.34. The Bertz CT molecular complexity index is 236. The van der Waals surface area contributed by atoms with E-state index in [9.17, 15) is 0 Å². The van der Waals surface area contributed by atoms with E-state index >= 15 is 0 Å². The van der Waals surface area contributed by atoms with Crippen molar-refractivity contribution in [2.45, 2.75) is 0 Å². The van der Waals surface area contributed by atoms with Crippen molar-refractivity contribution in [3.8, 4) is 0 Å². The van der Waals surface area contributed by atoms with E-state index in [-0.39, 0.29) is 0 Å². The second kappa shape index (κ2) is 2.90. The predicted molar refractivity (Wildman–Crippen MR) is 46.4 cm³/mol. The van der Waals surface area contributed by atoms with Gasteiger partial charge in [0.05, 0.1) is 10.2 Å². The van der Waals surface area contributed by atoms with Gasteiger partial charge in [-0.3, -0.25) is 5.84 Å². The Kier molecular flexibility index (Phi) is 2.13. The van der Waals surface area contributed by atoms with E-state index < -0.39 is 0 Å². The van der Waals surface area contributed by atoms with Gasteiger partial charge in [0.25, 0.3) is 0 Å². The van der Waals surface area contributed by atoms with Gasteiger partial charge in [0.1, 0.15) is 0 Å². The molecule has 0 radical (unpaired) electrons. The van der Waals surface area contributed by atoms with Gasteiger partial charge >= 0.3 is 0 Å². The third-order valence-electron chi connectivity index (χ3n) is 1.18. The normalized spacial score (nSPS) is 9.40. The first kappa shape index (κ1) is 7.37. The largest absolute Gasteiger partial charge is 0.398 e. The first-order valence-corrected chi connectivity index (χ1v) is 3.55. The van der Waals surface area contributed by atoms with E-state index in [0.29, 0.717) is 5.69 Å². The fraction of sp³-hybridized carbons (Fsp3) is 0. The monoisotopic (exact) mass is 201 g/mol. The maximum atomic E-state index is 5.55. The van der Waals surface area contributed by atoms with Gasteiger partial charge < -0.3 is 11.2 Å². The molecule has 0 unspecified atom stereocenters. The number of hydrazine groups is 1. The van der Waals surface area contributed by atoms with Crippen LogP contribution in [0.4, 0.5) is 11.4 Å². The molecule has 0 aliphatic rings. The summed E-state index contributed by atoms with van der Waals surface area (Å²) >= 11 is 3.27. The second-order valence-electron chi connectivity index (χ2n) is 1.85. The summed E-state index contributed by atoms with van der Waals surface area (Å²) < 4.78 is 0.803. The van der Waals surface area contributed by atoms with Crippen molar-refractivity contribution < 1.29 is 0 Å². The summed E-state index contributed by atoms with van der Waals surface area (Å²) in [5.74, 6) is 5.18. The van der Waals surface area contributed by atoms with Gasteiger partial charge in [-0.15, -0.1) is 0 Å². The molecule has 0 saturated carbocycles. The van der Waals surface area contributed by atoms with Crippen LogP contribution in [-0.4, -0.2) is 0 Å². The number of nitrogens with one attached hydrogen (secondary N) is 1. The molecule has 0 heterocycles. The number of nitrogen functional groups attached to an aromatic ring is 2. The first-order chi connectivity index (χ1) is 4.75. The first-order valence-electron chi connectivity index (χ1n) is 2.76. The molecule has 1 aromatic rings. The van der Waals surface area contributed by atoms with Crippen molar-refractivity contribution in [2.24, 2.45) is 5.84 Å². The SMILES string of the molecule is NNc1cccc(N)c1Br. The summed E-state index contributed by atoms with van der Waals surface area (Å²) in [6, 6.07) is 5.46. The number of halogens is 1. The fourth-order valence-corrected chi connectivity index (χ4v) is 1.04. The quantitative estimate of drug-likeness (QED) is 0.365. The number of hydrogen-bond acceptors (Lipinski definition) is 3. The molecule has 54 valence electrons. The van der Waals surface area contributed by atoms with E-state index in [0.717, 1.165) is 10.2 Å². The van der Waals surface area contributed by atoms with Crippen molar-refractivity contribution in [1.82, 2.24) is 0 Å². The van der Waals surface area contributed by atoms with Crippen LogP contribution in [-0.2, 0) is 0 Å². The Balaban J connectivity index is 3.14. The summed E-state index contributed by atoms with van der Waals surface area (Å²) in [6.45, 7) is 0. The zero-order valence-corrected chi connectivity index (χ0v) is 6.85. The topological polar surface area (TPSA) is 64.1 Å². The van der Waals surface area contributed by atoms with Crippen molar-refractivity contribution in [3.05, 3.63) is 22.7 Å². The van der Waals surface area contributed by atoms with Gasteiger partial charge in [0, 0.05) is 5.69 Å². The molecule has 0 spiro atoms. The predicted octanol–water partition coefficient (Wildman–Crippen LogP) is 1.32. The van der Waals surface area contributed by atoms with Gasteiger partial charge in [-0.2, -0.15) is 0 Å². The van der Waals surface area contributed by atoms with Crippen LogP contribution in [0.25, 0.3) is 0 Å². The Hall–Kier alpha value is -0.740. The van der Waals surface area contributed by atoms with Gasteiger partial charge in [-0.1, -0.05) is 6.07 Å². The molecule has 0 fully saturated rings. The molecule has 4 heteroatoms. The number of anilines is 2. The molecule has 0 aromatic heterocycles. The van der Waals surface area contributed by atoms with Gasteiger partial charge in [-0.25, -0.2) is 0 Å². The summed E-state index contributed by atoms with van der Waals surface area (Å²) in [5, 5.41) is 0. The molecule has 1 rings (SSSR count). The Morgan fingerprint density at radius 3 is 2.60 bits per heavy atom. The molecule has 5 N–H and O–H groups in total. The number of nitrogens with two attached hydrogens (primary N) is 2. The summed E-state index contributed by atoms with van der Waals surface area (Å²) in [5.41, 5.74) is 9.53. The van der Waals surface area contributed by atoms with Crippen LogP contribution in [0.1, 0.15) is 0 Å². The molecule has 0 aliphatic heterocycles. The van der Waals surface area contributed by atoms with Crippen LogP contribution in [0.15, 0.2) is 22.7 Å². The van der Waals surface area contributed by atoms with E-state index in [1.165, 1.54) is 0 Å². The maximum absolute atomic E-state index is 5.55. The highest BCUT2D eigenvalue weighted by atomic mass is 79.9. The van der Waals surface area contributed by atoms with Gasteiger partial charge in [-0.05, 0) is 28.1 Å². The zero-order chi connectivity index (χ0) is 7.56. The Morgan fingerprint density at radius 1 is 1.40 bits per heavy atom. The minimum absolute atomic E-state index is 0.676. The van der Waals surface area contributed by atoms with Crippen LogP contribution < -0.4 is 17.0 Å². The lowest BCUT2D eigenvalue weighted by Crippen LogP contribution is -2.07. The molecule has 0 saturated heterocycles. The molecule has 3 nitrogen and oxygen atoms in total. The average molecular weight is 202 g/mol. The highest BCUT2D eigenvalue weighted by Crippen LogP contribution is 2.26. The summed E-state index contributed by atoms with van der Waals surface area (Å²) in [7, 11) is 0. The molecular weight excluding hydrogens is 194 g/mol. The van der Waals surface area contributed by atoms with E-state index in [1.807, 2.05) is 12.1 Å². The molecule has 1 aromatic carbocycles. The van der Waals surface area contributed by atoms with Crippen molar-refractivity contribution in [2.75, 3.05) is 11.2 Å². The molecule has 0 aliphatic carbocycles. The number of benzene rings is 1. The summed E-state index contributed by atoms with van der Waals surface area (Å²) in [4.78, 5) is 0. The summed E-state index contributed by atoms with van der Waals surface area (Å²) in [6.07, 6.45) is 0. The molecule has 10 heavy (non-hydrogen) atoms.